The normalized spacial score (nSPS) is 11.7. The summed E-state index contributed by atoms with van der Waals surface area (Å²) in [5.41, 5.74) is -0.204. The van der Waals surface area contributed by atoms with Gasteiger partial charge >= 0.3 is 6.18 Å². The predicted molar refractivity (Wildman–Crippen MR) is 112 cm³/mol. The lowest BCUT2D eigenvalue weighted by Gasteiger charge is -2.11. The van der Waals surface area contributed by atoms with Crippen LogP contribution in [0.25, 0.3) is 0 Å². The Hall–Kier alpha value is -1.63. The summed E-state index contributed by atoms with van der Waals surface area (Å²) >= 11 is 0.972. The van der Waals surface area contributed by atoms with E-state index >= 15 is 0 Å². The van der Waals surface area contributed by atoms with Gasteiger partial charge in [0.25, 0.3) is 0 Å². The minimum absolute atomic E-state index is 0. The molecule has 2 aromatic rings. The number of ether oxygens (including phenoxy) is 1. The van der Waals surface area contributed by atoms with Gasteiger partial charge in [0.05, 0.1) is 18.7 Å². The predicted octanol–water partition coefficient (Wildman–Crippen LogP) is 4.23. The van der Waals surface area contributed by atoms with E-state index < -0.39 is 17.7 Å². The van der Waals surface area contributed by atoms with Gasteiger partial charge in [-0.15, -0.1) is 35.3 Å². The fourth-order valence-corrected chi connectivity index (χ4v) is 2.97. The second-order valence-corrected chi connectivity index (χ2v) is 6.41. The van der Waals surface area contributed by atoms with Gasteiger partial charge in [0.2, 0.25) is 0 Å². The van der Waals surface area contributed by atoms with Crippen LogP contribution in [0, 0.1) is 5.82 Å². The van der Waals surface area contributed by atoms with Crippen molar-refractivity contribution in [2.45, 2.75) is 26.1 Å². The van der Waals surface area contributed by atoms with Crippen molar-refractivity contribution in [3.63, 3.8) is 0 Å². The van der Waals surface area contributed by atoms with E-state index in [9.17, 15) is 17.6 Å². The molecule has 0 bridgehead atoms. The number of hydrogen-bond donors (Lipinski definition) is 2. The first-order valence-corrected chi connectivity index (χ1v) is 9.07. The molecule has 1 aromatic carbocycles. The van der Waals surface area contributed by atoms with Crippen molar-refractivity contribution >= 4 is 41.3 Å². The van der Waals surface area contributed by atoms with Gasteiger partial charge < -0.3 is 15.4 Å². The van der Waals surface area contributed by atoms with Crippen LogP contribution in [-0.4, -0.2) is 31.1 Å². The maximum atomic E-state index is 13.7. The third kappa shape index (κ3) is 7.41. The molecule has 0 atom stereocenters. The number of alkyl halides is 3. The van der Waals surface area contributed by atoms with Crippen LogP contribution in [0.2, 0.25) is 0 Å². The van der Waals surface area contributed by atoms with Gasteiger partial charge in [-0.1, -0.05) is 6.07 Å². The van der Waals surface area contributed by atoms with Crippen molar-refractivity contribution < 1.29 is 22.3 Å². The lowest BCUT2D eigenvalue weighted by atomic mass is 10.2. The number of aromatic nitrogens is 1. The monoisotopic (exact) mass is 532 g/mol. The second-order valence-electron chi connectivity index (χ2n) is 5.47. The van der Waals surface area contributed by atoms with E-state index in [4.69, 9.17) is 4.74 Å². The molecule has 0 fully saturated rings. The van der Waals surface area contributed by atoms with Crippen LogP contribution in [0.1, 0.15) is 23.2 Å². The van der Waals surface area contributed by atoms with Gasteiger partial charge in [-0.25, -0.2) is 14.4 Å². The molecule has 2 rings (SSSR count). The molecule has 0 unspecified atom stereocenters. The average Bonchev–Trinajstić information content (AvgIpc) is 3.09. The van der Waals surface area contributed by atoms with E-state index in [0.717, 1.165) is 16.7 Å². The Bertz CT molecular complexity index is 783. The molecule has 0 spiro atoms. The van der Waals surface area contributed by atoms with Crippen molar-refractivity contribution in [1.29, 1.82) is 0 Å². The van der Waals surface area contributed by atoms with Crippen molar-refractivity contribution in [2.24, 2.45) is 4.99 Å². The molecule has 5 nitrogen and oxygen atoms in total. The zero-order valence-electron chi connectivity index (χ0n) is 15.3. The quantitative estimate of drug-likeness (QED) is 0.243. The molecule has 156 valence electrons. The highest BCUT2D eigenvalue weighted by Gasteiger charge is 2.33. The van der Waals surface area contributed by atoms with Crippen molar-refractivity contribution in [2.75, 3.05) is 20.2 Å². The highest BCUT2D eigenvalue weighted by Crippen LogP contribution is 2.30. The molecule has 28 heavy (non-hydrogen) atoms. The highest BCUT2D eigenvalue weighted by molar-refractivity contribution is 14.0. The van der Waals surface area contributed by atoms with E-state index in [0.29, 0.717) is 36.0 Å². The molecule has 0 radical (unpaired) electrons. The van der Waals surface area contributed by atoms with Crippen LogP contribution < -0.4 is 15.4 Å². The topological polar surface area (TPSA) is 58.5 Å². The average molecular weight is 532 g/mol. The van der Waals surface area contributed by atoms with Crippen LogP contribution >= 0.6 is 35.3 Å². The lowest BCUT2D eigenvalue weighted by Crippen LogP contribution is -2.38. The maximum absolute atomic E-state index is 13.7. The molecule has 0 aliphatic carbocycles. The summed E-state index contributed by atoms with van der Waals surface area (Å²) < 4.78 is 56.2. The summed E-state index contributed by atoms with van der Waals surface area (Å²) in [6, 6.07) is 4.59. The highest BCUT2D eigenvalue weighted by atomic mass is 127. The Balaban J connectivity index is 0.00000392. The number of guanidine groups is 1. The summed E-state index contributed by atoms with van der Waals surface area (Å²) in [5, 5.41) is 7.46. The molecular formula is C17H21F4IN4OS. The fraction of sp³-hybridized carbons (Fsp3) is 0.412. The Morgan fingerprint density at radius 3 is 2.61 bits per heavy atom. The van der Waals surface area contributed by atoms with Gasteiger partial charge in [0.1, 0.15) is 0 Å². The van der Waals surface area contributed by atoms with E-state index in [1.54, 1.807) is 6.07 Å². The molecule has 1 heterocycles. The molecule has 0 amide bonds. The molecule has 0 saturated heterocycles. The van der Waals surface area contributed by atoms with Gasteiger partial charge in [0.15, 0.2) is 23.2 Å². The van der Waals surface area contributed by atoms with Crippen LogP contribution in [0.15, 0.2) is 28.6 Å². The molecule has 0 aliphatic rings. The van der Waals surface area contributed by atoms with Crippen LogP contribution in [0.3, 0.4) is 0 Å². The van der Waals surface area contributed by atoms with E-state index in [1.165, 1.54) is 19.2 Å². The third-order valence-corrected chi connectivity index (χ3v) is 4.36. The fourth-order valence-electron chi connectivity index (χ4n) is 2.16. The van der Waals surface area contributed by atoms with E-state index in [2.05, 4.69) is 20.6 Å². The zero-order chi connectivity index (χ0) is 19.9. The van der Waals surface area contributed by atoms with Crippen molar-refractivity contribution in [1.82, 2.24) is 15.6 Å². The molecule has 2 N–H and O–H groups in total. The Labute approximate surface area is 181 Å². The van der Waals surface area contributed by atoms with Gasteiger partial charge in [-0.05, 0) is 24.6 Å². The summed E-state index contributed by atoms with van der Waals surface area (Å²) in [7, 11) is 1.39. The van der Waals surface area contributed by atoms with E-state index in [-0.39, 0.29) is 36.3 Å². The van der Waals surface area contributed by atoms with Gasteiger partial charge in [0, 0.05) is 24.9 Å². The number of methoxy groups -OCH3 is 1. The second kappa shape index (κ2) is 11.4. The first-order chi connectivity index (χ1) is 12.8. The number of aliphatic imine (C=N–C) groups is 1. The Morgan fingerprint density at radius 1 is 1.29 bits per heavy atom. The largest absolute Gasteiger partial charge is 0.494 e. The standard InChI is InChI=1S/C17H20F4N4OS.HI/c1-3-22-16(24-9-11-4-5-13(26-2)12(18)8-11)23-7-6-15-25-14(10-27-15)17(19,20)21;/h4-5,8,10H,3,6-7,9H2,1-2H3,(H2,22,23,24);1H. The first kappa shape index (κ1) is 24.4. The maximum Gasteiger partial charge on any atom is 0.434 e. The SMILES string of the molecule is CCNC(=NCc1ccc(OC)c(F)c1)NCCc1nc(C(F)(F)F)cs1.I. The third-order valence-electron chi connectivity index (χ3n) is 3.45. The van der Waals surface area contributed by atoms with Crippen molar-refractivity contribution in [3.05, 3.63) is 45.7 Å². The summed E-state index contributed by atoms with van der Waals surface area (Å²) in [6.45, 7) is 3.11. The number of nitrogens with zero attached hydrogens (tertiary/aromatic N) is 2. The first-order valence-electron chi connectivity index (χ1n) is 8.19. The Kier molecular flexibility index (Phi) is 9.93. The number of rotatable bonds is 7. The van der Waals surface area contributed by atoms with Crippen LogP contribution in [0.4, 0.5) is 17.6 Å². The summed E-state index contributed by atoms with van der Waals surface area (Å²) in [4.78, 5) is 7.93. The van der Waals surface area contributed by atoms with Crippen molar-refractivity contribution in [3.8, 4) is 5.75 Å². The molecular weight excluding hydrogens is 511 g/mol. The van der Waals surface area contributed by atoms with Crippen LogP contribution in [0.5, 0.6) is 5.75 Å². The number of hydrogen-bond acceptors (Lipinski definition) is 4. The zero-order valence-corrected chi connectivity index (χ0v) is 18.4. The smallest absolute Gasteiger partial charge is 0.434 e. The molecule has 0 aliphatic heterocycles. The molecule has 11 heteroatoms. The number of nitrogens with one attached hydrogen (secondary N) is 2. The minimum atomic E-state index is -4.42. The number of benzene rings is 1. The minimum Gasteiger partial charge on any atom is -0.494 e. The lowest BCUT2D eigenvalue weighted by molar-refractivity contribution is -0.140. The van der Waals surface area contributed by atoms with Gasteiger partial charge in [-0.3, -0.25) is 0 Å². The summed E-state index contributed by atoms with van der Waals surface area (Å²) in [5.74, 6) is 0.183. The molecule has 0 saturated carbocycles. The van der Waals surface area contributed by atoms with Gasteiger partial charge in [-0.2, -0.15) is 13.2 Å². The molecule has 1 aromatic heterocycles. The summed E-state index contributed by atoms with van der Waals surface area (Å²) in [6.07, 6.45) is -4.09. The number of halogens is 5. The van der Waals surface area contributed by atoms with E-state index in [1.807, 2.05) is 6.92 Å². The Morgan fingerprint density at radius 2 is 2.04 bits per heavy atom. The van der Waals surface area contributed by atoms with Crippen LogP contribution in [-0.2, 0) is 19.1 Å². The number of thiazole rings is 1.